The number of carbonyl (C=O) groups excluding carboxylic acids is 7. The minimum Gasteiger partial charge on any atom is -0.469 e. The molecular formula is C42H71N5O12. The van der Waals surface area contributed by atoms with Crippen molar-refractivity contribution in [3.63, 3.8) is 0 Å². The lowest BCUT2D eigenvalue weighted by atomic mass is 9.81. The number of esters is 5. The third-order valence-corrected chi connectivity index (χ3v) is 10.7. The number of likely N-dealkylation sites (tertiary alicyclic amines) is 1. The molecule has 2 amide bonds. The summed E-state index contributed by atoms with van der Waals surface area (Å²) in [5.74, 6) is -3.20. The normalized spacial score (nSPS) is 20.7. The first kappa shape index (κ1) is 49.7. The van der Waals surface area contributed by atoms with Crippen LogP contribution in [-0.4, -0.2) is 180 Å². The quantitative estimate of drug-likeness (QED) is 0.112. The number of piperazine rings is 2. The van der Waals surface area contributed by atoms with Gasteiger partial charge in [0.1, 0.15) is 28.9 Å². The fourth-order valence-electron chi connectivity index (χ4n) is 7.95. The molecule has 0 aromatic heterocycles. The number of amides is 2. The SMILES string of the molecule is COC(=O)CCN1CCN(C2C(=O)N(C(CCC(=O)OC(C)(C)C)(CCC(=O)OC(C)(C)C)CCC(=O)OC(C)(C)C)C(=O)C2N2CCN(CCC(=O)OC)CC2)CC1. The van der Waals surface area contributed by atoms with Crippen molar-refractivity contribution in [3.05, 3.63) is 0 Å². The fourth-order valence-corrected chi connectivity index (χ4v) is 7.95. The van der Waals surface area contributed by atoms with Crippen molar-refractivity contribution in [2.45, 2.75) is 148 Å². The number of carbonyl (C=O) groups is 7. The van der Waals surface area contributed by atoms with E-state index in [-0.39, 0.29) is 63.3 Å². The van der Waals surface area contributed by atoms with Gasteiger partial charge in [0.2, 0.25) is 11.8 Å². The number of ether oxygens (including phenoxy) is 5. The van der Waals surface area contributed by atoms with E-state index in [9.17, 15) is 24.0 Å². The average molecular weight is 838 g/mol. The van der Waals surface area contributed by atoms with Crippen LogP contribution in [0.1, 0.15) is 114 Å². The summed E-state index contributed by atoms with van der Waals surface area (Å²) in [6.45, 7) is 20.6. The molecule has 3 aliphatic heterocycles. The van der Waals surface area contributed by atoms with Crippen LogP contribution in [0.25, 0.3) is 0 Å². The highest BCUT2D eigenvalue weighted by Crippen LogP contribution is 2.40. The lowest BCUT2D eigenvalue weighted by Crippen LogP contribution is -2.61. The molecule has 0 N–H and O–H groups in total. The Hall–Kier alpha value is -3.67. The lowest BCUT2D eigenvalue weighted by Gasteiger charge is -2.42. The highest BCUT2D eigenvalue weighted by molar-refractivity contribution is 6.10. The molecule has 0 radical (unpaired) electrons. The van der Waals surface area contributed by atoms with Gasteiger partial charge in [0.05, 0.1) is 32.6 Å². The first-order chi connectivity index (χ1) is 27.4. The summed E-state index contributed by atoms with van der Waals surface area (Å²) in [7, 11) is 2.70. The van der Waals surface area contributed by atoms with Crippen LogP contribution in [0.4, 0.5) is 0 Å². The molecule has 3 saturated heterocycles. The van der Waals surface area contributed by atoms with Crippen LogP contribution in [0.5, 0.6) is 0 Å². The zero-order chi connectivity index (χ0) is 44.3. The average Bonchev–Trinajstić information content (AvgIpc) is 3.40. The number of nitrogens with zero attached hydrogens (tertiary/aromatic N) is 5. The van der Waals surface area contributed by atoms with Gasteiger partial charge in [-0.2, -0.15) is 0 Å². The van der Waals surface area contributed by atoms with Gasteiger partial charge in [-0.1, -0.05) is 0 Å². The molecule has 59 heavy (non-hydrogen) atoms. The maximum absolute atomic E-state index is 15.3. The molecule has 17 heteroatoms. The Morgan fingerprint density at radius 2 is 0.763 bits per heavy atom. The van der Waals surface area contributed by atoms with Crippen molar-refractivity contribution in [2.24, 2.45) is 0 Å². The highest BCUT2D eigenvalue weighted by Gasteiger charge is 2.59. The van der Waals surface area contributed by atoms with E-state index in [2.05, 4.69) is 9.80 Å². The summed E-state index contributed by atoms with van der Waals surface area (Å²) in [5.41, 5.74) is -3.89. The molecule has 17 nitrogen and oxygen atoms in total. The molecule has 2 atom stereocenters. The Bertz CT molecular complexity index is 1350. The third kappa shape index (κ3) is 15.7. The van der Waals surface area contributed by atoms with E-state index in [1.165, 1.54) is 19.1 Å². The van der Waals surface area contributed by atoms with E-state index >= 15 is 9.59 Å². The minimum atomic E-state index is -1.48. The molecule has 0 aromatic rings. The highest BCUT2D eigenvalue weighted by atomic mass is 16.6. The standard InChI is InChI=1S/C42H71N5O12/c1-39(2,3)57-32(50)12-17-42(18-13-33(51)58-40(4,5)6,19-14-34(52)59-41(7,8)9)47-37(53)35(45-26-22-43(23-27-45)20-15-30(48)55-10)36(38(47)54)46-28-24-44(25-29-46)21-16-31(49)56-11/h35-36H,12-29H2,1-11H3. The molecule has 0 aliphatic carbocycles. The molecule has 3 fully saturated rings. The van der Waals surface area contributed by atoms with Crippen LogP contribution in [0.2, 0.25) is 0 Å². The van der Waals surface area contributed by atoms with Gasteiger partial charge in [0.15, 0.2) is 0 Å². The predicted molar refractivity (Wildman–Crippen MR) is 217 cm³/mol. The second-order valence-electron chi connectivity index (χ2n) is 18.8. The molecule has 3 aliphatic rings. The smallest absolute Gasteiger partial charge is 0.306 e. The summed E-state index contributed by atoms with van der Waals surface area (Å²) >= 11 is 0. The van der Waals surface area contributed by atoms with E-state index in [0.717, 1.165) is 0 Å². The van der Waals surface area contributed by atoms with Gasteiger partial charge >= 0.3 is 29.8 Å². The van der Waals surface area contributed by atoms with Gasteiger partial charge in [0, 0.05) is 84.7 Å². The van der Waals surface area contributed by atoms with Crippen LogP contribution in [0, 0.1) is 0 Å². The Labute approximate surface area is 350 Å². The number of hydrogen-bond donors (Lipinski definition) is 0. The molecular weight excluding hydrogens is 766 g/mol. The maximum Gasteiger partial charge on any atom is 0.306 e. The van der Waals surface area contributed by atoms with Crippen LogP contribution >= 0.6 is 0 Å². The van der Waals surface area contributed by atoms with E-state index in [4.69, 9.17) is 23.7 Å². The lowest BCUT2D eigenvalue weighted by molar-refractivity contribution is -0.162. The van der Waals surface area contributed by atoms with E-state index in [1.54, 1.807) is 62.3 Å². The molecule has 3 rings (SSSR count). The molecule has 0 aromatic carbocycles. The van der Waals surface area contributed by atoms with Crippen LogP contribution in [-0.2, 0) is 57.2 Å². The predicted octanol–water partition coefficient (Wildman–Crippen LogP) is 2.56. The van der Waals surface area contributed by atoms with Gasteiger partial charge < -0.3 is 33.5 Å². The fraction of sp³-hybridized carbons (Fsp3) is 0.833. The van der Waals surface area contributed by atoms with Crippen molar-refractivity contribution in [1.29, 1.82) is 0 Å². The van der Waals surface area contributed by atoms with Crippen LogP contribution in [0.15, 0.2) is 0 Å². The van der Waals surface area contributed by atoms with Crippen LogP contribution in [0.3, 0.4) is 0 Å². The van der Waals surface area contributed by atoms with E-state index in [0.29, 0.717) is 65.4 Å². The topological polar surface area (TPSA) is 182 Å². The second kappa shape index (κ2) is 21.2. The zero-order valence-electron chi connectivity index (χ0n) is 37.5. The maximum atomic E-state index is 15.3. The molecule has 2 unspecified atom stereocenters. The zero-order valence-corrected chi connectivity index (χ0v) is 37.5. The Morgan fingerprint density at radius 3 is 1.02 bits per heavy atom. The Kier molecular flexibility index (Phi) is 17.9. The minimum absolute atomic E-state index is 0.0625. The molecule has 0 spiro atoms. The first-order valence-corrected chi connectivity index (χ1v) is 21.0. The van der Waals surface area contributed by atoms with Crippen molar-refractivity contribution >= 4 is 41.7 Å². The van der Waals surface area contributed by atoms with Crippen molar-refractivity contribution < 1.29 is 57.2 Å². The summed E-state index contributed by atoms with van der Waals surface area (Å²) in [4.78, 5) is 104. The summed E-state index contributed by atoms with van der Waals surface area (Å²) in [6.07, 6.45) is -0.307. The molecule has 0 bridgehead atoms. The van der Waals surface area contributed by atoms with Crippen molar-refractivity contribution in [2.75, 3.05) is 79.7 Å². The van der Waals surface area contributed by atoms with Gasteiger partial charge in [-0.3, -0.25) is 48.3 Å². The Balaban J connectivity index is 2.09. The largest absolute Gasteiger partial charge is 0.469 e. The second-order valence-corrected chi connectivity index (χ2v) is 18.8. The van der Waals surface area contributed by atoms with Crippen molar-refractivity contribution in [3.8, 4) is 0 Å². The van der Waals surface area contributed by atoms with Gasteiger partial charge in [0.25, 0.3) is 0 Å². The Morgan fingerprint density at radius 1 is 0.475 bits per heavy atom. The third-order valence-electron chi connectivity index (χ3n) is 10.7. The number of imide groups is 1. The first-order valence-electron chi connectivity index (χ1n) is 21.0. The monoisotopic (exact) mass is 838 g/mol. The van der Waals surface area contributed by atoms with Gasteiger partial charge in [-0.05, 0) is 81.6 Å². The molecule has 336 valence electrons. The van der Waals surface area contributed by atoms with Gasteiger partial charge in [-0.25, -0.2) is 0 Å². The number of rotatable bonds is 18. The summed E-state index contributed by atoms with van der Waals surface area (Å²) in [5, 5.41) is 0. The molecule has 3 heterocycles. The van der Waals surface area contributed by atoms with Crippen LogP contribution < -0.4 is 0 Å². The molecule has 0 saturated carbocycles. The van der Waals surface area contributed by atoms with Gasteiger partial charge in [-0.15, -0.1) is 0 Å². The van der Waals surface area contributed by atoms with E-state index < -0.39 is 64.1 Å². The summed E-state index contributed by atoms with van der Waals surface area (Å²) in [6, 6.07) is -1.81. The number of hydrogen-bond acceptors (Lipinski definition) is 16. The van der Waals surface area contributed by atoms with E-state index in [1.807, 2.05) is 9.80 Å². The van der Waals surface area contributed by atoms with Crippen molar-refractivity contribution in [1.82, 2.24) is 24.5 Å². The number of methoxy groups -OCH3 is 2. The summed E-state index contributed by atoms with van der Waals surface area (Å²) < 4.78 is 26.7.